The summed E-state index contributed by atoms with van der Waals surface area (Å²) in [5, 5.41) is 0. The number of nitrogens with two attached hydrogens (primary N) is 1. The molecule has 0 saturated heterocycles. The normalized spacial score (nSPS) is 12.2. The largest absolute Gasteiger partial charge is 0.339 e. The predicted molar refractivity (Wildman–Crippen MR) is 82.9 cm³/mol. The maximum atomic E-state index is 14.3. The Hall–Kier alpha value is -1.87. The standard InChI is InChI=1S/C17H21FN2/c1-4-20(15-7-5-6-12(2)10-15)17-9-8-14(13(3)19)11-16(17)18/h5-11,13H,4,19H2,1-3H3. The fourth-order valence-corrected chi connectivity index (χ4v) is 2.31. The first kappa shape index (κ1) is 14.5. The van der Waals surface area contributed by atoms with E-state index < -0.39 is 0 Å². The molecular weight excluding hydrogens is 251 g/mol. The summed E-state index contributed by atoms with van der Waals surface area (Å²) in [6.07, 6.45) is 0. The number of hydrogen-bond donors (Lipinski definition) is 1. The molecule has 2 aromatic rings. The Bertz CT molecular complexity index is 593. The smallest absolute Gasteiger partial charge is 0.147 e. The van der Waals surface area contributed by atoms with Crippen LogP contribution in [0, 0.1) is 12.7 Å². The summed E-state index contributed by atoms with van der Waals surface area (Å²) < 4.78 is 14.3. The summed E-state index contributed by atoms with van der Waals surface area (Å²) in [5.74, 6) is -0.233. The molecule has 0 aliphatic heterocycles. The van der Waals surface area contributed by atoms with E-state index >= 15 is 0 Å². The van der Waals surface area contributed by atoms with Gasteiger partial charge < -0.3 is 10.6 Å². The number of rotatable bonds is 4. The highest BCUT2D eigenvalue weighted by Gasteiger charge is 2.13. The van der Waals surface area contributed by atoms with E-state index in [0.29, 0.717) is 12.2 Å². The van der Waals surface area contributed by atoms with Crippen LogP contribution in [0.4, 0.5) is 15.8 Å². The molecule has 2 rings (SSSR count). The van der Waals surface area contributed by atoms with Crippen molar-refractivity contribution in [2.75, 3.05) is 11.4 Å². The maximum Gasteiger partial charge on any atom is 0.147 e. The second-order valence-corrected chi connectivity index (χ2v) is 5.08. The van der Waals surface area contributed by atoms with Gasteiger partial charge >= 0.3 is 0 Å². The first-order chi connectivity index (χ1) is 9.52. The molecule has 0 spiro atoms. The van der Waals surface area contributed by atoms with Crippen LogP contribution in [0.2, 0.25) is 0 Å². The molecule has 106 valence electrons. The van der Waals surface area contributed by atoms with E-state index in [0.717, 1.165) is 16.8 Å². The van der Waals surface area contributed by atoms with Crippen LogP contribution in [-0.4, -0.2) is 6.54 Å². The predicted octanol–water partition coefficient (Wildman–Crippen LogP) is 4.31. The molecule has 1 atom stereocenters. The highest BCUT2D eigenvalue weighted by Crippen LogP contribution is 2.29. The van der Waals surface area contributed by atoms with Crippen LogP contribution in [0.15, 0.2) is 42.5 Å². The van der Waals surface area contributed by atoms with Gasteiger partial charge in [-0.3, -0.25) is 0 Å². The third kappa shape index (κ3) is 2.99. The Morgan fingerprint density at radius 2 is 1.95 bits per heavy atom. The lowest BCUT2D eigenvalue weighted by atomic mass is 10.1. The van der Waals surface area contributed by atoms with Crippen molar-refractivity contribution in [3.8, 4) is 0 Å². The lowest BCUT2D eigenvalue weighted by Crippen LogP contribution is -2.18. The molecule has 0 amide bonds. The fourth-order valence-electron chi connectivity index (χ4n) is 2.31. The molecule has 0 heterocycles. The summed E-state index contributed by atoms with van der Waals surface area (Å²) in [6, 6.07) is 13.1. The van der Waals surface area contributed by atoms with E-state index in [9.17, 15) is 4.39 Å². The Balaban J connectivity index is 2.42. The zero-order valence-corrected chi connectivity index (χ0v) is 12.2. The van der Waals surface area contributed by atoms with Crippen LogP contribution in [0.25, 0.3) is 0 Å². The van der Waals surface area contributed by atoms with Gasteiger partial charge in [0, 0.05) is 18.3 Å². The molecule has 0 bridgehead atoms. The van der Waals surface area contributed by atoms with Gasteiger partial charge in [-0.1, -0.05) is 18.2 Å². The van der Waals surface area contributed by atoms with Gasteiger partial charge in [0.1, 0.15) is 5.82 Å². The Labute approximate surface area is 120 Å². The maximum absolute atomic E-state index is 14.3. The molecule has 0 aliphatic carbocycles. The van der Waals surface area contributed by atoms with Crippen LogP contribution < -0.4 is 10.6 Å². The minimum atomic E-state index is -0.233. The van der Waals surface area contributed by atoms with Crippen molar-refractivity contribution in [2.45, 2.75) is 26.8 Å². The number of anilines is 2. The van der Waals surface area contributed by atoms with Gasteiger partial charge in [-0.05, 0) is 56.2 Å². The molecule has 0 aliphatic rings. The average molecular weight is 272 g/mol. The molecule has 0 fully saturated rings. The molecule has 2 nitrogen and oxygen atoms in total. The number of nitrogens with zero attached hydrogens (tertiary/aromatic N) is 1. The number of aryl methyl sites for hydroxylation is 1. The molecule has 3 heteroatoms. The molecule has 0 aromatic heterocycles. The van der Waals surface area contributed by atoms with Crippen molar-refractivity contribution in [1.82, 2.24) is 0 Å². The summed E-state index contributed by atoms with van der Waals surface area (Å²) in [6.45, 7) is 6.61. The van der Waals surface area contributed by atoms with Crippen molar-refractivity contribution in [1.29, 1.82) is 0 Å². The Morgan fingerprint density at radius 1 is 1.20 bits per heavy atom. The highest BCUT2D eigenvalue weighted by molar-refractivity contribution is 5.64. The summed E-state index contributed by atoms with van der Waals surface area (Å²) >= 11 is 0. The van der Waals surface area contributed by atoms with Crippen molar-refractivity contribution in [3.05, 3.63) is 59.4 Å². The topological polar surface area (TPSA) is 29.3 Å². The van der Waals surface area contributed by atoms with Crippen molar-refractivity contribution in [3.63, 3.8) is 0 Å². The van der Waals surface area contributed by atoms with Gasteiger partial charge in [-0.2, -0.15) is 0 Å². The Kier molecular flexibility index (Phi) is 4.40. The molecule has 0 radical (unpaired) electrons. The van der Waals surface area contributed by atoms with Crippen LogP contribution in [-0.2, 0) is 0 Å². The third-order valence-electron chi connectivity index (χ3n) is 3.42. The van der Waals surface area contributed by atoms with Crippen LogP contribution in [0.1, 0.15) is 31.0 Å². The van der Waals surface area contributed by atoms with Crippen molar-refractivity contribution in [2.24, 2.45) is 5.73 Å². The molecule has 1 unspecified atom stereocenters. The lowest BCUT2D eigenvalue weighted by molar-refractivity contribution is 0.620. The van der Waals surface area contributed by atoms with E-state index in [2.05, 4.69) is 6.07 Å². The number of hydrogen-bond acceptors (Lipinski definition) is 2. The zero-order chi connectivity index (χ0) is 14.7. The summed E-state index contributed by atoms with van der Waals surface area (Å²) in [5.41, 5.74) is 9.35. The third-order valence-corrected chi connectivity index (χ3v) is 3.42. The van der Waals surface area contributed by atoms with Crippen LogP contribution >= 0.6 is 0 Å². The van der Waals surface area contributed by atoms with Crippen LogP contribution in [0.3, 0.4) is 0 Å². The highest BCUT2D eigenvalue weighted by atomic mass is 19.1. The van der Waals surface area contributed by atoms with Gasteiger partial charge in [-0.25, -0.2) is 4.39 Å². The first-order valence-corrected chi connectivity index (χ1v) is 6.92. The first-order valence-electron chi connectivity index (χ1n) is 6.92. The number of halogens is 1. The quantitative estimate of drug-likeness (QED) is 0.898. The molecule has 2 N–H and O–H groups in total. The number of benzene rings is 2. The van der Waals surface area contributed by atoms with Crippen LogP contribution in [0.5, 0.6) is 0 Å². The van der Waals surface area contributed by atoms with E-state index in [1.165, 1.54) is 6.07 Å². The molecule has 20 heavy (non-hydrogen) atoms. The Morgan fingerprint density at radius 3 is 2.50 bits per heavy atom. The van der Waals surface area contributed by atoms with E-state index in [-0.39, 0.29) is 11.9 Å². The van der Waals surface area contributed by atoms with E-state index in [1.807, 2.05) is 49.9 Å². The lowest BCUT2D eigenvalue weighted by Gasteiger charge is -2.24. The second-order valence-electron chi connectivity index (χ2n) is 5.08. The van der Waals surface area contributed by atoms with Gasteiger partial charge in [0.15, 0.2) is 0 Å². The minimum Gasteiger partial charge on any atom is -0.339 e. The SMILES string of the molecule is CCN(c1cccc(C)c1)c1ccc(C(C)N)cc1F. The van der Waals surface area contributed by atoms with Crippen molar-refractivity contribution >= 4 is 11.4 Å². The molecule has 2 aromatic carbocycles. The average Bonchev–Trinajstić information content (AvgIpc) is 2.41. The van der Waals surface area contributed by atoms with Gasteiger partial charge in [0.05, 0.1) is 5.69 Å². The van der Waals surface area contributed by atoms with Gasteiger partial charge in [0.2, 0.25) is 0 Å². The zero-order valence-electron chi connectivity index (χ0n) is 12.2. The van der Waals surface area contributed by atoms with E-state index in [4.69, 9.17) is 5.73 Å². The molecule has 0 saturated carbocycles. The van der Waals surface area contributed by atoms with Crippen molar-refractivity contribution < 1.29 is 4.39 Å². The van der Waals surface area contributed by atoms with Gasteiger partial charge in [0.25, 0.3) is 0 Å². The minimum absolute atomic E-state index is 0.160. The molecular formula is C17H21FN2. The van der Waals surface area contributed by atoms with E-state index in [1.54, 1.807) is 6.07 Å². The summed E-state index contributed by atoms with van der Waals surface area (Å²) in [4.78, 5) is 1.97. The second kappa shape index (κ2) is 6.06. The monoisotopic (exact) mass is 272 g/mol. The fraction of sp³-hybridized carbons (Fsp3) is 0.294. The van der Waals surface area contributed by atoms with Gasteiger partial charge in [-0.15, -0.1) is 0 Å². The summed E-state index contributed by atoms with van der Waals surface area (Å²) in [7, 11) is 0.